The third kappa shape index (κ3) is 3.48. The Bertz CT molecular complexity index is 1040. The van der Waals surface area contributed by atoms with Crippen LogP contribution in [0.1, 0.15) is 21.6 Å². The number of quaternary nitrogens is 1. The zero-order valence-corrected chi connectivity index (χ0v) is 15.4. The zero-order chi connectivity index (χ0) is 18.8. The number of H-pyrrole nitrogens is 1. The minimum absolute atomic E-state index is 0.114. The fraction of sp³-hybridized carbons (Fsp3) is 0.286. The molecule has 1 aromatic heterocycles. The van der Waals surface area contributed by atoms with Crippen molar-refractivity contribution in [2.75, 3.05) is 26.2 Å². The molecule has 2 heterocycles. The molecule has 1 fully saturated rings. The van der Waals surface area contributed by atoms with E-state index in [4.69, 9.17) is 0 Å². The van der Waals surface area contributed by atoms with Gasteiger partial charge >= 0.3 is 0 Å². The molecular weight excluding hydrogens is 340 g/mol. The van der Waals surface area contributed by atoms with E-state index in [1.54, 1.807) is 18.2 Å². The highest BCUT2D eigenvalue weighted by atomic mass is 16.2. The quantitative estimate of drug-likeness (QED) is 0.722. The number of rotatable bonds is 3. The first kappa shape index (κ1) is 17.4. The van der Waals surface area contributed by atoms with Crippen molar-refractivity contribution in [2.45, 2.75) is 13.5 Å². The molecule has 6 heteroatoms. The second-order valence-corrected chi connectivity index (χ2v) is 7.09. The highest BCUT2D eigenvalue weighted by Gasteiger charge is 2.27. The van der Waals surface area contributed by atoms with Crippen LogP contribution in [0.2, 0.25) is 0 Å². The first-order valence-corrected chi connectivity index (χ1v) is 9.28. The van der Waals surface area contributed by atoms with Crippen LogP contribution in [0.3, 0.4) is 0 Å². The average molecular weight is 363 g/mol. The molecule has 27 heavy (non-hydrogen) atoms. The Labute approximate surface area is 157 Å². The Balaban J connectivity index is 1.47. The molecule has 0 bridgehead atoms. The number of nitrogens with zero attached hydrogens (tertiary/aromatic N) is 2. The number of hydrogen-bond acceptors (Lipinski definition) is 3. The predicted octanol–water partition coefficient (Wildman–Crippen LogP) is 0.772. The summed E-state index contributed by atoms with van der Waals surface area (Å²) in [6, 6.07) is 15.6. The minimum atomic E-state index is -0.269. The van der Waals surface area contributed by atoms with E-state index in [1.165, 1.54) is 16.0 Å². The van der Waals surface area contributed by atoms with Crippen molar-refractivity contribution in [1.29, 1.82) is 0 Å². The third-order valence-corrected chi connectivity index (χ3v) is 5.36. The van der Waals surface area contributed by atoms with Gasteiger partial charge in [-0.25, -0.2) is 5.10 Å². The maximum Gasteiger partial charge on any atom is 0.275 e. The molecule has 0 spiro atoms. The maximum absolute atomic E-state index is 13.0. The van der Waals surface area contributed by atoms with Crippen molar-refractivity contribution in [1.82, 2.24) is 15.1 Å². The van der Waals surface area contributed by atoms with Crippen LogP contribution >= 0.6 is 0 Å². The van der Waals surface area contributed by atoms with Crippen molar-refractivity contribution in [2.24, 2.45) is 0 Å². The van der Waals surface area contributed by atoms with E-state index < -0.39 is 0 Å². The van der Waals surface area contributed by atoms with E-state index >= 15 is 0 Å². The van der Waals surface area contributed by atoms with Crippen molar-refractivity contribution in [3.05, 3.63) is 75.7 Å². The molecule has 0 unspecified atom stereocenters. The Hall–Kier alpha value is -2.99. The van der Waals surface area contributed by atoms with Crippen molar-refractivity contribution >= 4 is 16.7 Å². The van der Waals surface area contributed by atoms with Gasteiger partial charge in [0, 0.05) is 10.9 Å². The van der Waals surface area contributed by atoms with E-state index in [0.29, 0.717) is 29.6 Å². The summed E-state index contributed by atoms with van der Waals surface area (Å²) in [6.07, 6.45) is 0. The lowest BCUT2D eigenvalue weighted by atomic mass is 10.1. The number of benzene rings is 2. The SMILES string of the molecule is Cc1ccccc1C[NH+]1CCN(C(=O)c2n[nH]c(=O)c3ccccc23)CC1. The summed E-state index contributed by atoms with van der Waals surface area (Å²) in [5, 5.41) is 7.61. The molecule has 6 nitrogen and oxygen atoms in total. The van der Waals surface area contributed by atoms with Crippen LogP contribution in [-0.2, 0) is 6.54 Å². The summed E-state index contributed by atoms with van der Waals surface area (Å²) >= 11 is 0. The largest absolute Gasteiger partial charge is 0.328 e. The minimum Gasteiger partial charge on any atom is -0.328 e. The number of amides is 1. The van der Waals surface area contributed by atoms with Crippen molar-refractivity contribution in [3.8, 4) is 0 Å². The molecular formula is C21H23N4O2+. The number of hydrogen-bond donors (Lipinski definition) is 2. The smallest absolute Gasteiger partial charge is 0.275 e. The molecule has 2 N–H and O–H groups in total. The van der Waals surface area contributed by atoms with Gasteiger partial charge in [-0.2, -0.15) is 5.10 Å². The normalized spacial score (nSPS) is 15.2. The van der Waals surface area contributed by atoms with Gasteiger partial charge in [0.2, 0.25) is 0 Å². The Morgan fingerprint density at radius 2 is 1.74 bits per heavy atom. The third-order valence-electron chi connectivity index (χ3n) is 5.36. The zero-order valence-electron chi connectivity index (χ0n) is 15.4. The molecule has 2 aromatic carbocycles. The van der Waals surface area contributed by atoms with Crippen LogP contribution in [0.5, 0.6) is 0 Å². The number of nitrogens with one attached hydrogen (secondary N) is 2. The van der Waals surface area contributed by atoms with Gasteiger partial charge in [-0.15, -0.1) is 0 Å². The lowest BCUT2D eigenvalue weighted by Crippen LogP contribution is -3.13. The van der Waals surface area contributed by atoms with Gasteiger partial charge in [-0.3, -0.25) is 9.59 Å². The van der Waals surface area contributed by atoms with Crippen molar-refractivity contribution < 1.29 is 9.69 Å². The summed E-state index contributed by atoms with van der Waals surface area (Å²) in [5.41, 5.74) is 2.73. The average Bonchev–Trinajstić information content (AvgIpc) is 2.70. The van der Waals surface area contributed by atoms with E-state index in [0.717, 1.165) is 19.6 Å². The first-order chi connectivity index (χ1) is 13.1. The molecule has 138 valence electrons. The van der Waals surface area contributed by atoms with Crippen LogP contribution in [0.15, 0.2) is 53.3 Å². The molecule has 0 atom stereocenters. The fourth-order valence-electron chi connectivity index (χ4n) is 3.71. The molecule has 4 rings (SSSR count). The first-order valence-electron chi connectivity index (χ1n) is 9.28. The molecule has 1 saturated heterocycles. The van der Waals surface area contributed by atoms with Gasteiger partial charge < -0.3 is 9.80 Å². The maximum atomic E-state index is 13.0. The number of piperazine rings is 1. The lowest BCUT2D eigenvalue weighted by molar-refractivity contribution is -0.917. The summed E-state index contributed by atoms with van der Waals surface area (Å²) < 4.78 is 0. The highest BCUT2D eigenvalue weighted by Crippen LogP contribution is 2.14. The highest BCUT2D eigenvalue weighted by molar-refractivity contribution is 6.04. The molecule has 1 aliphatic rings. The molecule has 0 radical (unpaired) electrons. The number of carbonyl (C=O) groups excluding carboxylic acids is 1. The molecule has 1 amide bonds. The molecule has 0 aliphatic carbocycles. The predicted molar refractivity (Wildman–Crippen MR) is 104 cm³/mol. The number of aryl methyl sites for hydroxylation is 1. The summed E-state index contributed by atoms with van der Waals surface area (Å²) in [5.74, 6) is -0.114. The van der Waals surface area contributed by atoms with Crippen molar-refractivity contribution in [3.63, 3.8) is 0 Å². The Kier molecular flexibility index (Phi) is 4.73. The summed E-state index contributed by atoms with van der Waals surface area (Å²) in [7, 11) is 0. The van der Waals surface area contributed by atoms with E-state index in [1.807, 2.05) is 11.0 Å². The number of carbonyl (C=O) groups is 1. The Morgan fingerprint density at radius 1 is 1.07 bits per heavy atom. The van der Waals surface area contributed by atoms with Gasteiger partial charge in [0.25, 0.3) is 11.5 Å². The van der Waals surface area contributed by atoms with Crippen LogP contribution < -0.4 is 10.5 Å². The second kappa shape index (κ2) is 7.32. The van der Waals surface area contributed by atoms with E-state index in [2.05, 4.69) is 41.4 Å². The number of aromatic amines is 1. The van der Waals surface area contributed by atoms with E-state index in [-0.39, 0.29) is 11.5 Å². The molecule has 0 saturated carbocycles. The van der Waals surface area contributed by atoms with Crippen LogP contribution in [-0.4, -0.2) is 47.2 Å². The topological polar surface area (TPSA) is 70.5 Å². The van der Waals surface area contributed by atoms with Gasteiger partial charge in [0.05, 0.1) is 31.6 Å². The number of fused-ring (bicyclic) bond motifs is 1. The van der Waals surface area contributed by atoms with Gasteiger partial charge in [0.15, 0.2) is 5.69 Å². The molecule has 3 aromatic rings. The van der Waals surface area contributed by atoms with Crippen LogP contribution in [0.4, 0.5) is 0 Å². The van der Waals surface area contributed by atoms with Crippen LogP contribution in [0.25, 0.3) is 10.8 Å². The van der Waals surface area contributed by atoms with Gasteiger partial charge in [-0.1, -0.05) is 42.5 Å². The van der Waals surface area contributed by atoms with Crippen LogP contribution in [0, 0.1) is 6.92 Å². The fourth-order valence-corrected chi connectivity index (χ4v) is 3.71. The Morgan fingerprint density at radius 3 is 2.48 bits per heavy atom. The monoisotopic (exact) mass is 363 g/mol. The molecule has 1 aliphatic heterocycles. The lowest BCUT2D eigenvalue weighted by Gasteiger charge is -2.32. The summed E-state index contributed by atoms with van der Waals surface area (Å²) in [6.45, 7) is 6.31. The van der Waals surface area contributed by atoms with Gasteiger partial charge in [0.1, 0.15) is 6.54 Å². The van der Waals surface area contributed by atoms with E-state index in [9.17, 15) is 9.59 Å². The number of aromatic nitrogens is 2. The summed E-state index contributed by atoms with van der Waals surface area (Å²) in [4.78, 5) is 28.2. The van der Waals surface area contributed by atoms with Gasteiger partial charge in [-0.05, 0) is 18.6 Å². The second-order valence-electron chi connectivity index (χ2n) is 7.09. The standard InChI is InChI=1S/C21H22N4O2/c1-15-6-2-3-7-16(15)14-24-10-12-25(13-11-24)21(27)19-17-8-4-5-9-18(17)20(26)23-22-19/h2-9H,10-14H2,1H3,(H,23,26)/p+1.